The molecule has 160 valence electrons. The van der Waals surface area contributed by atoms with Crippen LogP contribution in [0.25, 0.3) is 0 Å². The Balaban J connectivity index is 2.05. The fraction of sp³-hybridized carbons (Fsp3) is 0.333. The lowest BCUT2D eigenvalue weighted by Crippen LogP contribution is -2.30. The number of nitrogens with one attached hydrogen (secondary N) is 2. The number of hydrogen-bond acceptors (Lipinski definition) is 7. The quantitative estimate of drug-likeness (QED) is 0.424. The van der Waals surface area contributed by atoms with Crippen LogP contribution in [0.3, 0.4) is 0 Å². The monoisotopic (exact) mass is 444 g/mol. The van der Waals surface area contributed by atoms with E-state index in [-0.39, 0.29) is 22.9 Å². The van der Waals surface area contributed by atoms with Gasteiger partial charge in [-0.3, -0.25) is 0 Å². The van der Waals surface area contributed by atoms with Crippen molar-refractivity contribution in [2.75, 3.05) is 13.1 Å². The predicted molar refractivity (Wildman–Crippen MR) is 107 cm³/mol. The molecule has 0 aliphatic heterocycles. The number of benzene rings is 2. The van der Waals surface area contributed by atoms with Crippen LogP contribution in [0.5, 0.6) is 11.5 Å². The van der Waals surface area contributed by atoms with E-state index in [2.05, 4.69) is 9.44 Å². The molecule has 0 bridgehead atoms. The second-order valence-electron chi connectivity index (χ2n) is 6.45. The molecule has 0 aliphatic carbocycles. The summed E-state index contributed by atoms with van der Waals surface area (Å²) >= 11 is 0. The van der Waals surface area contributed by atoms with Crippen molar-refractivity contribution in [2.45, 2.75) is 35.8 Å². The van der Waals surface area contributed by atoms with Gasteiger partial charge in [-0.15, -0.1) is 0 Å². The van der Waals surface area contributed by atoms with E-state index in [0.29, 0.717) is 11.5 Å². The number of rotatable bonds is 10. The van der Waals surface area contributed by atoms with Crippen molar-refractivity contribution in [1.29, 1.82) is 0 Å². The maximum absolute atomic E-state index is 12.1. The number of hydrogen-bond donors (Lipinski definition) is 4. The molecular formula is C18H24N2O7S2. The number of aliphatic hydroxyl groups excluding tert-OH is 2. The van der Waals surface area contributed by atoms with Gasteiger partial charge >= 0.3 is 0 Å². The normalized spacial score (nSPS) is 14.3. The number of sulfonamides is 2. The van der Waals surface area contributed by atoms with Crippen LogP contribution in [-0.4, -0.2) is 52.3 Å². The summed E-state index contributed by atoms with van der Waals surface area (Å²) in [5.41, 5.74) is 0. The minimum Gasteiger partial charge on any atom is -0.457 e. The van der Waals surface area contributed by atoms with Crippen molar-refractivity contribution >= 4 is 20.0 Å². The van der Waals surface area contributed by atoms with Crippen molar-refractivity contribution in [2.24, 2.45) is 0 Å². The minimum atomic E-state index is -3.74. The maximum Gasteiger partial charge on any atom is 0.240 e. The van der Waals surface area contributed by atoms with Gasteiger partial charge in [-0.25, -0.2) is 26.3 Å². The Morgan fingerprint density at radius 1 is 0.724 bits per heavy atom. The van der Waals surface area contributed by atoms with Crippen LogP contribution in [-0.2, 0) is 20.0 Å². The van der Waals surface area contributed by atoms with Gasteiger partial charge in [0.1, 0.15) is 11.5 Å². The molecule has 9 nitrogen and oxygen atoms in total. The van der Waals surface area contributed by atoms with Crippen LogP contribution in [0.15, 0.2) is 58.3 Å². The van der Waals surface area contributed by atoms with Crippen molar-refractivity contribution in [3.63, 3.8) is 0 Å². The average molecular weight is 445 g/mol. The Morgan fingerprint density at radius 3 is 1.31 bits per heavy atom. The molecule has 0 saturated carbocycles. The SMILES string of the molecule is CC(O)CNS(=O)(=O)c1ccc(Oc2ccc(S(=O)(=O)NCC(C)O)cc2)cc1. The van der Waals surface area contributed by atoms with Crippen LogP contribution in [0.1, 0.15) is 13.8 Å². The van der Waals surface area contributed by atoms with E-state index >= 15 is 0 Å². The fourth-order valence-corrected chi connectivity index (χ4v) is 4.38. The molecule has 29 heavy (non-hydrogen) atoms. The topological polar surface area (TPSA) is 142 Å². The molecule has 0 spiro atoms. The highest BCUT2D eigenvalue weighted by atomic mass is 32.2. The zero-order valence-corrected chi connectivity index (χ0v) is 17.6. The van der Waals surface area contributed by atoms with Gasteiger partial charge < -0.3 is 14.9 Å². The van der Waals surface area contributed by atoms with Gasteiger partial charge in [0.15, 0.2) is 0 Å². The molecule has 0 aliphatic rings. The Kier molecular flexibility index (Phi) is 7.74. The molecule has 2 unspecified atom stereocenters. The van der Waals surface area contributed by atoms with E-state index in [0.717, 1.165) is 0 Å². The summed E-state index contributed by atoms with van der Waals surface area (Å²) < 4.78 is 58.5. The number of aliphatic hydroxyl groups is 2. The van der Waals surface area contributed by atoms with E-state index in [1.165, 1.54) is 62.4 Å². The largest absolute Gasteiger partial charge is 0.457 e. The maximum atomic E-state index is 12.1. The summed E-state index contributed by atoms with van der Waals surface area (Å²) in [5.74, 6) is 0.727. The highest BCUT2D eigenvalue weighted by molar-refractivity contribution is 7.89. The Labute approximate surface area is 170 Å². The highest BCUT2D eigenvalue weighted by Crippen LogP contribution is 2.24. The summed E-state index contributed by atoms with van der Waals surface area (Å²) in [7, 11) is -7.47. The minimum absolute atomic E-state index is 0.0242. The first-order valence-electron chi connectivity index (χ1n) is 8.73. The highest BCUT2D eigenvalue weighted by Gasteiger charge is 2.16. The van der Waals surface area contributed by atoms with Crippen LogP contribution >= 0.6 is 0 Å². The van der Waals surface area contributed by atoms with Crippen molar-refractivity contribution < 1.29 is 31.8 Å². The van der Waals surface area contributed by atoms with E-state index in [1.807, 2.05) is 0 Å². The third-order valence-electron chi connectivity index (χ3n) is 3.64. The summed E-state index contributed by atoms with van der Waals surface area (Å²) in [6.45, 7) is 2.75. The Morgan fingerprint density at radius 2 is 1.03 bits per heavy atom. The van der Waals surface area contributed by atoms with Crippen LogP contribution in [0.4, 0.5) is 0 Å². The lowest BCUT2D eigenvalue weighted by atomic mass is 10.3. The number of ether oxygens (including phenoxy) is 1. The zero-order chi connectivity index (χ0) is 21.7. The second-order valence-corrected chi connectivity index (χ2v) is 9.98. The molecule has 0 aromatic heterocycles. The molecule has 0 heterocycles. The first kappa shape index (κ1) is 23.3. The molecule has 0 saturated heterocycles. The van der Waals surface area contributed by atoms with E-state index in [9.17, 15) is 27.0 Å². The lowest BCUT2D eigenvalue weighted by Gasteiger charge is -2.11. The van der Waals surface area contributed by atoms with Crippen molar-refractivity contribution in [3.05, 3.63) is 48.5 Å². The van der Waals surface area contributed by atoms with Crippen LogP contribution in [0.2, 0.25) is 0 Å². The smallest absolute Gasteiger partial charge is 0.240 e. The van der Waals surface area contributed by atoms with Gasteiger partial charge in [-0.2, -0.15) is 0 Å². The molecular weight excluding hydrogens is 420 g/mol. The van der Waals surface area contributed by atoms with Gasteiger partial charge in [0.2, 0.25) is 20.0 Å². The molecule has 0 fully saturated rings. The first-order chi connectivity index (χ1) is 13.5. The van der Waals surface area contributed by atoms with Crippen LogP contribution in [0, 0.1) is 0 Å². The third-order valence-corrected chi connectivity index (χ3v) is 6.52. The van der Waals surface area contributed by atoms with E-state index < -0.39 is 32.3 Å². The third kappa shape index (κ3) is 7.07. The zero-order valence-electron chi connectivity index (χ0n) is 15.9. The molecule has 2 aromatic rings. The summed E-state index contributed by atoms with van der Waals surface area (Å²) in [6, 6.07) is 11.3. The molecule has 2 atom stereocenters. The van der Waals surface area contributed by atoms with E-state index in [4.69, 9.17) is 4.74 Å². The molecule has 0 amide bonds. The standard InChI is InChI=1S/C18H24N2O7S2/c1-13(21)11-19-28(23,24)17-7-3-15(4-8-17)27-16-5-9-18(10-6-16)29(25,26)20-12-14(2)22/h3-10,13-14,19-22H,11-12H2,1-2H3. The van der Waals surface area contributed by atoms with Crippen molar-refractivity contribution in [1.82, 2.24) is 9.44 Å². The van der Waals surface area contributed by atoms with Crippen molar-refractivity contribution in [3.8, 4) is 11.5 Å². The summed E-state index contributed by atoms with van der Waals surface area (Å²) in [5, 5.41) is 18.4. The molecule has 2 rings (SSSR count). The lowest BCUT2D eigenvalue weighted by molar-refractivity contribution is 0.198. The summed E-state index contributed by atoms with van der Waals surface area (Å²) in [6.07, 6.45) is -1.61. The molecule has 2 aromatic carbocycles. The molecule has 11 heteroatoms. The van der Waals surface area contributed by atoms with Gasteiger partial charge in [-0.05, 0) is 62.4 Å². The first-order valence-corrected chi connectivity index (χ1v) is 11.7. The molecule has 4 N–H and O–H groups in total. The van der Waals surface area contributed by atoms with Gasteiger partial charge in [0.25, 0.3) is 0 Å². The Hall–Kier alpha value is -2.02. The Bertz CT molecular complexity index is 918. The average Bonchev–Trinajstić information content (AvgIpc) is 2.66. The van der Waals surface area contributed by atoms with E-state index in [1.54, 1.807) is 0 Å². The summed E-state index contributed by atoms with van der Waals surface area (Å²) in [4.78, 5) is 0.0484. The molecule has 0 radical (unpaired) electrons. The predicted octanol–water partition coefficient (Wildman–Crippen LogP) is 0.797. The van der Waals surface area contributed by atoms with Gasteiger partial charge in [0.05, 0.1) is 22.0 Å². The van der Waals surface area contributed by atoms with Gasteiger partial charge in [0, 0.05) is 13.1 Å². The fourth-order valence-electron chi connectivity index (χ4n) is 2.14. The second kappa shape index (κ2) is 9.65. The van der Waals surface area contributed by atoms with Gasteiger partial charge in [-0.1, -0.05) is 0 Å². The van der Waals surface area contributed by atoms with Crippen LogP contribution < -0.4 is 14.2 Å².